The molecule has 0 radical (unpaired) electrons. The number of nitro groups is 1. The minimum absolute atomic E-state index is 0.0415. The van der Waals surface area contributed by atoms with E-state index >= 15 is 0 Å². The predicted octanol–water partition coefficient (Wildman–Crippen LogP) is 4.02. The number of amides is 1. The van der Waals surface area contributed by atoms with E-state index in [2.05, 4.69) is 0 Å². The third kappa shape index (κ3) is 7.79. The molecule has 1 aliphatic rings. The van der Waals surface area contributed by atoms with Crippen LogP contribution < -0.4 is 4.74 Å². The zero-order chi connectivity index (χ0) is 27.0. The Hall–Kier alpha value is -3.95. The molecule has 0 aromatic heterocycles. The van der Waals surface area contributed by atoms with Crippen molar-refractivity contribution in [1.29, 1.82) is 0 Å². The molecule has 3 atom stereocenters. The van der Waals surface area contributed by atoms with Gasteiger partial charge in [0.15, 0.2) is 0 Å². The van der Waals surface area contributed by atoms with Crippen molar-refractivity contribution in [1.82, 2.24) is 4.90 Å². The molecule has 0 saturated carbocycles. The quantitative estimate of drug-likeness (QED) is 0.342. The first-order chi connectivity index (χ1) is 16.8. The first-order valence-electron chi connectivity index (χ1n) is 11.4. The fourth-order valence-electron chi connectivity index (χ4n) is 3.78. The monoisotopic (exact) mass is 500 g/mol. The maximum Gasteiger partial charge on any atom is 0.329 e. The van der Waals surface area contributed by atoms with Crippen LogP contribution in [0.25, 0.3) is 0 Å². The summed E-state index contributed by atoms with van der Waals surface area (Å²) in [6.45, 7) is 8.95. The number of non-ortho nitro benzene ring substituents is 1. The zero-order valence-electron chi connectivity index (χ0n) is 21.3. The number of carbonyl (C=O) groups is 3. The van der Waals surface area contributed by atoms with E-state index in [9.17, 15) is 24.5 Å². The minimum Gasteiger partial charge on any atom is -0.488 e. The normalized spacial score (nSPS) is 18.9. The van der Waals surface area contributed by atoms with Crippen LogP contribution in [0.15, 0.2) is 54.6 Å². The van der Waals surface area contributed by atoms with Crippen molar-refractivity contribution in [3.8, 4) is 5.75 Å². The van der Waals surface area contributed by atoms with Gasteiger partial charge in [0.25, 0.3) is 11.6 Å². The number of likely N-dealkylation sites (tertiary alicyclic amines) is 1. The van der Waals surface area contributed by atoms with Gasteiger partial charge < -0.3 is 19.1 Å². The first-order valence-corrected chi connectivity index (χ1v) is 11.4. The summed E-state index contributed by atoms with van der Waals surface area (Å²) in [6.07, 6.45) is -0.460. The first kappa shape index (κ1) is 28.3. The van der Waals surface area contributed by atoms with Gasteiger partial charge in [-0.05, 0) is 45.0 Å². The van der Waals surface area contributed by atoms with Crippen LogP contribution in [0, 0.1) is 16.0 Å². The molecule has 0 N–H and O–H groups in total. The van der Waals surface area contributed by atoms with Gasteiger partial charge >= 0.3 is 11.9 Å². The Morgan fingerprint density at radius 1 is 1.03 bits per heavy atom. The third-order valence-electron chi connectivity index (χ3n) is 5.31. The van der Waals surface area contributed by atoms with Crippen molar-refractivity contribution >= 4 is 23.5 Å². The van der Waals surface area contributed by atoms with Gasteiger partial charge in [-0.25, -0.2) is 4.79 Å². The number of ether oxygens (including phenoxy) is 3. The topological polar surface area (TPSA) is 125 Å². The second kappa shape index (κ2) is 12.1. The lowest BCUT2D eigenvalue weighted by Gasteiger charge is -2.24. The molecule has 0 spiro atoms. The van der Waals surface area contributed by atoms with Crippen LogP contribution in [0.4, 0.5) is 5.69 Å². The largest absolute Gasteiger partial charge is 0.488 e. The molecule has 0 bridgehead atoms. The SMILES string of the molecule is CC(=O)OC(C)(C)C.COC(=O)C1C(C)C(Oc2ccc([N+](=O)[O-])cc2)CN1C(=O)c1ccccc1. The van der Waals surface area contributed by atoms with Crippen LogP contribution in [-0.2, 0) is 19.1 Å². The summed E-state index contributed by atoms with van der Waals surface area (Å²) in [5.74, 6) is -0.905. The second-order valence-electron chi connectivity index (χ2n) is 9.26. The smallest absolute Gasteiger partial charge is 0.329 e. The number of esters is 2. The van der Waals surface area contributed by atoms with Crippen LogP contribution in [0.1, 0.15) is 45.0 Å². The van der Waals surface area contributed by atoms with E-state index in [0.29, 0.717) is 11.3 Å². The molecule has 10 nitrogen and oxygen atoms in total. The molecule has 36 heavy (non-hydrogen) atoms. The zero-order valence-corrected chi connectivity index (χ0v) is 21.3. The predicted molar refractivity (Wildman–Crippen MR) is 131 cm³/mol. The molecule has 1 amide bonds. The van der Waals surface area contributed by atoms with Crippen molar-refractivity contribution in [3.05, 3.63) is 70.3 Å². The van der Waals surface area contributed by atoms with Crippen LogP contribution >= 0.6 is 0 Å². The van der Waals surface area contributed by atoms with Gasteiger partial charge in [-0.2, -0.15) is 0 Å². The molecule has 2 aromatic carbocycles. The number of hydrogen-bond acceptors (Lipinski definition) is 8. The molecule has 1 aliphatic heterocycles. The van der Waals surface area contributed by atoms with Gasteiger partial charge in [0.1, 0.15) is 23.5 Å². The molecule has 3 rings (SSSR count). The lowest BCUT2D eigenvalue weighted by Crippen LogP contribution is -2.43. The van der Waals surface area contributed by atoms with E-state index in [1.165, 1.54) is 43.2 Å². The maximum atomic E-state index is 12.9. The summed E-state index contributed by atoms with van der Waals surface area (Å²) >= 11 is 0. The van der Waals surface area contributed by atoms with Crippen LogP contribution in [0.2, 0.25) is 0 Å². The van der Waals surface area contributed by atoms with E-state index in [1.54, 1.807) is 24.3 Å². The van der Waals surface area contributed by atoms with Gasteiger partial charge in [-0.1, -0.05) is 25.1 Å². The maximum absolute atomic E-state index is 12.9. The van der Waals surface area contributed by atoms with Crippen molar-refractivity contribution in [3.63, 3.8) is 0 Å². The molecule has 2 aromatic rings. The van der Waals surface area contributed by atoms with Crippen molar-refractivity contribution in [2.45, 2.75) is 52.4 Å². The number of methoxy groups -OCH3 is 1. The molecule has 1 heterocycles. The number of rotatable bonds is 5. The highest BCUT2D eigenvalue weighted by Crippen LogP contribution is 2.31. The van der Waals surface area contributed by atoms with Gasteiger partial charge in [-0.15, -0.1) is 0 Å². The molecular formula is C26H32N2O8. The summed E-state index contributed by atoms with van der Waals surface area (Å²) in [6, 6.07) is 13.6. The highest BCUT2D eigenvalue weighted by molar-refractivity contribution is 5.97. The summed E-state index contributed by atoms with van der Waals surface area (Å²) in [7, 11) is 1.28. The van der Waals surface area contributed by atoms with E-state index < -0.39 is 23.0 Å². The standard InChI is InChI=1S/C20H20N2O6.C6H12O2/c1-13-17(28-16-10-8-15(9-11-16)22(25)26)12-21(18(13)20(24)27-2)19(23)14-6-4-3-5-7-14;1-5(7)8-6(2,3)4/h3-11,13,17-18H,12H2,1-2H3;1-4H3. The Kier molecular flexibility index (Phi) is 9.54. The van der Waals surface area contributed by atoms with Crippen molar-refractivity contribution < 1.29 is 33.5 Å². The Balaban J connectivity index is 0.000000493. The fraction of sp³-hybridized carbons (Fsp3) is 0.423. The summed E-state index contributed by atoms with van der Waals surface area (Å²) in [5, 5.41) is 10.8. The van der Waals surface area contributed by atoms with Gasteiger partial charge in [0, 0.05) is 30.5 Å². The third-order valence-corrected chi connectivity index (χ3v) is 5.31. The lowest BCUT2D eigenvalue weighted by molar-refractivity contribution is -0.384. The molecule has 10 heteroatoms. The average molecular weight is 501 g/mol. The Bertz CT molecular complexity index is 1060. The number of hydrogen-bond donors (Lipinski definition) is 0. The number of nitro benzene ring substituents is 1. The average Bonchev–Trinajstić information content (AvgIpc) is 3.13. The fourth-order valence-corrected chi connectivity index (χ4v) is 3.78. The number of nitrogens with zero attached hydrogens (tertiary/aromatic N) is 2. The summed E-state index contributed by atoms with van der Waals surface area (Å²) in [4.78, 5) is 47.3. The number of benzene rings is 2. The van der Waals surface area contributed by atoms with Gasteiger partial charge in [-0.3, -0.25) is 19.7 Å². The highest BCUT2D eigenvalue weighted by atomic mass is 16.6. The Morgan fingerprint density at radius 3 is 2.06 bits per heavy atom. The molecule has 1 fully saturated rings. The summed E-state index contributed by atoms with van der Waals surface area (Å²) < 4.78 is 15.6. The molecular weight excluding hydrogens is 468 g/mol. The summed E-state index contributed by atoms with van der Waals surface area (Å²) in [5.41, 5.74) is 0.103. The minimum atomic E-state index is -0.777. The van der Waals surface area contributed by atoms with Crippen LogP contribution in [0.3, 0.4) is 0 Å². The highest BCUT2D eigenvalue weighted by Gasteiger charge is 2.47. The van der Waals surface area contributed by atoms with E-state index in [0.717, 1.165) is 0 Å². The molecule has 0 aliphatic carbocycles. The Morgan fingerprint density at radius 2 is 1.61 bits per heavy atom. The number of carbonyl (C=O) groups excluding carboxylic acids is 3. The van der Waals surface area contributed by atoms with Crippen molar-refractivity contribution in [2.75, 3.05) is 13.7 Å². The van der Waals surface area contributed by atoms with Gasteiger partial charge in [0.05, 0.1) is 18.6 Å². The van der Waals surface area contributed by atoms with E-state index in [-0.39, 0.29) is 35.6 Å². The molecule has 3 unspecified atom stereocenters. The van der Waals surface area contributed by atoms with E-state index in [1.807, 2.05) is 33.8 Å². The molecule has 194 valence electrons. The van der Waals surface area contributed by atoms with Gasteiger partial charge in [0.2, 0.25) is 0 Å². The van der Waals surface area contributed by atoms with Crippen molar-refractivity contribution in [2.24, 2.45) is 5.92 Å². The van der Waals surface area contributed by atoms with Crippen LogP contribution in [0.5, 0.6) is 5.75 Å². The van der Waals surface area contributed by atoms with Crippen LogP contribution in [-0.4, -0.2) is 59.1 Å². The molecule has 1 saturated heterocycles. The van der Waals surface area contributed by atoms with E-state index in [4.69, 9.17) is 14.2 Å². The lowest BCUT2D eigenvalue weighted by atomic mass is 10.0. The Labute approximate surface area is 210 Å². The second-order valence-corrected chi connectivity index (χ2v) is 9.26.